The number of benzene rings is 2. The lowest BCUT2D eigenvalue weighted by Crippen LogP contribution is -2.19. The average molecular weight is 366 g/mol. The second-order valence-corrected chi connectivity index (χ2v) is 5.92. The van der Waals surface area contributed by atoms with E-state index in [4.69, 9.17) is 16.3 Å². The van der Waals surface area contributed by atoms with Crippen LogP contribution in [0.4, 0.5) is 4.39 Å². The maximum absolute atomic E-state index is 13.3. The van der Waals surface area contributed by atoms with Crippen LogP contribution in [-0.2, 0) is 16.9 Å². The van der Waals surface area contributed by atoms with Crippen LogP contribution in [0.2, 0.25) is 5.02 Å². The molecule has 0 N–H and O–H groups in total. The summed E-state index contributed by atoms with van der Waals surface area (Å²) in [7, 11) is 0. The van der Waals surface area contributed by atoms with Gasteiger partial charge in [0, 0.05) is 10.6 Å². The van der Waals surface area contributed by atoms with E-state index in [1.54, 1.807) is 23.1 Å². The quantitative estimate of drug-likeness (QED) is 0.652. The van der Waals surface area contributed by atoms with Crippen molar-refractivity contribution in [2.75, 3.05) is 0 Å². The molecule has 3 aromatic rings. The first-order valence-electron chi connectivity index (χ1n) is 7.20. The SMILES string of the molecule is Cl.Fc1ccc(C2(Cn3cncn3)OC2c2ccccc2Cl)cc1. The molecule has 1 fully saturated rings. The highest BCUT2D eigenvalue weighted by molar-refractivity contribution is 6.31. The molecular weight excluding hydrogens is 352 g/mol. The van der Waals surface area contributed by atoms with Crippen molar-refractivity contribution in [2.45, 2.75) is 18.2 Å². The smallest absolute Gasteiger partial charge is 0.144 e. The predicted octanol–water partition coefficient (Wildman–Crippen LogP) is 4.16. The molecule has 0 saturated carbocycles. The third-order valence-corrected chi connectivity index (χ3v) is 4.42. The molecule has 4 rings (SSSR count). The van der Waals surface area contributed by atoms with Gasteiger partial charge in [-0.25, -0.2) is 14.1 Å². The third kappa shape index (κ3) is 2.90. The minimum atomic E-state index is -0.619. The van der Waals surface area contributed by atoms with Crippen molar-refractivity contribution >= 4 is 24.0 Å². The Kier molecular flexibility index (Phi) is 4.58. The van der Waals surface area contributed by atoms with Crippen LogP contribution in [0.5, 0.6) is 0 Å². The first kappa shape index (κ1) is 16.9. The lowest BCUT2D eigenvalue weighted by molar-refractivity contribution is 0.262. The number of epoxide rings is 1. The molecule has 1 aliphatic heterocycles. The highest BCUT2D eigenvalue weighted by Crippen LogP contribution is 2.59. The second-order valence-electron chi connectivity index (χ2n) is 5.51. The molecule has 124 valence electrons. The van der Waals surface area contributed by atoms with Gasteiger partial charge in [0.15, 0.2) is 0 Å². The Balaban J connectivity index is 0.00000169. The monoisotopic (exact) mass is 365 g/mol. The van der Waals surface area contributed by atoms with Gasteiger partial charge in [-0.2, -0.15) is 5.10 Å². The van der Waals surface area contributed by atoms with Crippen molar-refractivity contribution in [3.8, 4) is 0 Å². The Morgan fingerprint density at radius 3 is 2.58 bits per heavy atom. The molecular formula is C17H14Cl2FN3O. The third-order valence-electron chi connectivity index (χ3n) is 4.08. The lowest BCUT2D eigenvalue weighted by Gasteiger charge is -2.14. The van der Waals surface area contributed by atoms with Crippen LogP contribution in [0.25, 0.3) is 0 Å². The lowest BCUT2D eigenvalue weighted by atomic mass is 9.91. The fourth-order valence-corrected chi connectivity index (χ4v) is 3.13. The van der Waals surface area contributed by atoms with E-state index in [1.165, 1.54) is 18.5 Å². The van der Waals surface area contributed by atoms with Crippen molar-refractivity contribution in [1.29, 1.82) is 0 Å². The number of aromatic nitrogens is 3. The zero-order valence-corrected chi connectivity index (χ0v) is 14.0. The summed E-state index contributed by atoms with van der Waals surface area (Å²) in [6.07, 6.45) is 2.91. The van der Waals surface area contributed by atoms with Crippen molar-refractivity contribution in [2.24, 2.45) is 0 Å². The topological polar surface area (TPSA) is 43.2 Å². The maximum atomic E-state index is 13.3. The number of hydrogen-bond acceptors (Lipinski definition) is 3. The minimum Gasteiger partial charge on any atom is -0.354 e. The van der Waals surface area contributed by atoms with Crippen molar-refractivity contribution < 1.29 is 9.13 Å². The standard InChI is InChI=1S/C17H13ClFN3O.ClH/c18-15-4-2-1-3-14(15)16-17(23-16,9-22-11-20-10-21-22)12-5-7-13(19)8-6-12;/h1-8,10-11,16H,9H2;1H. The summed E-state index contributed by atoms with van der Waals surface area (Å²) in [5.41, 5.74) is 1.18. The number of nitrogens with zero attached hydrogens (tertiary/aromatic N) is 3. The predicted molar refractivity (Wildman–Crippen MR) is 90.6 cm³/mol. The van der Waals surface area contributed by atoms with Crippen LogP contribution in [0, 0.1) is 5.82 Å². The van der Waals surface area contributed by atoms with Gasteiger partial charge in [0.1, 0.15) is 30.2 Å². The van der Waals surface area contributed by atoms with E-state index in [2.05, 4.69) is 10.1 Å². The van der Waals surface area contributed by atoms with Gasteiger partial charge in [-0.3, -0.25) is 0 Å². The summed E-state index contributed by atoms with van der Waals surface area (Å²) < 4.78 is 21.1. The molecule has 0 amide bonds. The normalized spacial score (nSPS) is 22.0. The Morgan fingerprint density at radius 2 is 1.92 bits per heavy atom. The number of halogens is 3. The van der Waals surface area contributed by atoms with Gasteiger partial charge in [0.05, 0.1) is 6.54 Å². The fourth-order valence-electron chi connectivity index (χ4n) is 2.90. The molecule has 0 radical (unpaired) electrons. The van der Waals surface area contributed by atoms with Crippen LogP contribution in [0.3, 0.4) is 0 Å². The Morgan fingerprint density at radius 1 is 1.17 bits per heavy atom. The van der Waals surface area contributed by atoms with E-state index in [0.29, 0.717) is 11.6 Å². The number of ether oxygens (including phenoxy) is 1. The number of rotatable bonds is 4. The van der Waals surface area contributed by atoms with Crippen LogP contribution in [-0.4, -0.2) is 14.8 Å². The van der Waals surface area contributed by atoms with E-state index in [0.717, 1.165) is 11.1 Å². The molecule has 2 heterocycles. The molecule has 7 heteroatoms. The summed E-state index contributed by atoms with van der Waals surface area (Å²) in [5.74, 6) is -0.278. The van der Waals surface area contributed by atoms with E-state index in [1.807, 2.05) is 24.3 Å². The van der Waals surface area contributed by atoms with E-state index >= 15 is 0 Å². The van der Waals surface area contributed by atoms with E-state index in [9.17, 15) is 4.39 Å². The summed E-state index contributed by atoms with van der Waals surface area (Å²) in [5, 5.41) is 4.81. The van der Waals surface area contributed by atoms with Crippen molar-refractivity contribution in [3.05, 3.63) is 83.2 Å². The summed E-state index contributed by atoms with van der Waals surface area (Å²) in [6, 6.07) is 13.9. The van der Waals surface area contributed by atoms with Crippen molar-refractivity contribution in [1.82, 2.24) is 14.8 Å². The zero-order valence-electron chi connectivity index (χ0n) is 12.5. The molecule has 24 heavy (non-hydrogen) atoms. The molecule has 0 bridgehead atoms. The summed E-state index contributed by atoms with van der Waals surface area (Å²) >= 11 is 6.31. The van der Waals surface area contributed by atoms with Gasteiger partial charge in [0.2, 0.25) is 0 Å². The van der Waals surface area contributed by atoms with Crippen LogP contribution >= 0.6 is 24.0 Å². The van der Waals surface area contributed by atoms with Crippen LogP contribution in [0.1, 0.15) is 17.2 Å². The largest absolute Gasteiger partial charge is 0.354 e. The Bertz CT molecular complexity index is 826. The van der Waals surface area contributed by atoms with E-state index < -0.39 is 5.60 Å². The summed E-state index contributed by atoms with van der Waals surface area (Å²) in [4.78, 5) is 3.97. The highest BCUT2D eigenvalue weighted by atomic mass is 35.5. The molecule has 0 spiro atoms. The summed E-state index contributed by atoms with van der Waals surface area (Å²) in [6.45, 7) is 0.481. The van der Waals surface area contributed by atoms with E-state index in [-0.39, 0.29) is 24.3 Å². The first-order chi connectivity index (χ1) is 11.2. The maximum Gasteiger partial charge on any atom is 0.144 e. The van der Waals surface area contributed by atoms with Gasteiger partial charge >= 0.3 is 0 Å². The van der Waals surface area contributed by atoms with Crippen molar-refractivity contribution in [3.63, 3.8) is 0 Å². The Hall–Kier alpha value is -1.95. The molecule has 1 aromatic heterocycles. The molecule has 1 saturated heterocycles. The molecule has 1 aliphatic rings. The van der Waals surface area contributed by atoms with Gasteiger partial charge in [0.25, 0.3) is 0 Å². The molecule has 2 atom stereocenters. The van der Waals surface area contributed by atoms with Gasteiger partial charge in [-0.15, -0.1) is 12.4 Å². The highest BCUT2D eigenvalue weighted by Gasteiger charge is 2.59. The first-order valence-corrected chi connectivity index (χ1v) is 7.57. The number of hydrogen-bond donors (Lipinski definition) is 0. The van der Waals surface area contributed by atoms with Crippen LogP contribution < -0.4 is 0 Å². The van der Waals surface area contributed by atoms with Gasteiger partial charge in [-0.05, 0) is 23.8 Å². The molecule has 2 unspecified atom stereocenters. The zero-order chi connectivity index (χ0) is 15.9. The molecule has 4 nitrogen and oxygen atoms in total. The van der Waals surface area contributed by atoms with Crippen LogP contribution in [0.15, 0.2) is 61.2 Å². The average Bonchev–Trinajstić information content (AvgIpc) is 3.02. The van der Waals surface area contributed by atoms with Gasteiger partial charge < -0.3 is 4.74 Å². The molecule has 2 aromatic carbocycles. The fraction of sp³-hybridized carbons (Fsp3) is 0.176. The second kappa shape index (κ2) is 6.51. The van der Waals surface area contributed by atoms with Gasteiger partial charge in [-0.1, -0.05) is 41.9 Å². The molecule has 0 aliphatic carbocycles. The Labute approximate surface area is 149 Å². The minimum absolute atomic E-state index is 0.